The van der Waals surface area contributed by atoms with Crippen molar-refractivity contribution in [3.05, 3.63) is 53.5 Å². The smallest absolute Gasteiger partial charge is 0.219 e. The second kappa shape index (κ2) is 5.60. The van der Waals surface area contributed by atoms with Crippen LogP contribution in [0.5, 0.6) is 11.6 Å². The Morgan fingerprint density at radius 3 is 2.78 bits per heavy atom. The molecular formula is C14H15FN2O. The van der Waals surface area contributed by atoms with E-state index in [9.17, 15) is 4.39 Å². The topological polar surface area (TPSA) is 34.1 Å². The number of hydrogen-bond donors (Lipinski definition) is 1. The second-order valence-corrected chi connectivity index (χ2v) is 3.99. The molecule has 1 heterocycles. The van der Waals surface area contributed by atoms with E-state index in [1.807, 2.05) is 19.2 Å². The number of aryl methyl sites for hydroxylation is 1. The van der Waals surface area contributed by atoms with Crippen LogP contribution in [0, 0.1) is 12.7 Å². The first-order chi connectivity index (χ1) is 8.70. The molecule has 0 aliphatic rings. The molecule has 1 aromatic heterocycles. The number of rotatable bonds is 4. The molecule has 0 aliphatic carbocycles. The predicted octanol–water partition coefficient (Wildman–Crippen LogP) is 3.04. The highest BCUT2D eigenvalue weighted by atomic mass is 19.1. The van der Waals surface area contributed by atoms with Crippen molar-refractivity contribution in [1.82, 2.24) is 10.3 Å². The van der Waals surface area contributed by atoms with Crippen LogP contribution < -0.4 is 10.1 Å². The first-order valence-corrected chi connectivity index (χ1v) is 5.74. The van der Waals surface area contributed by atoms with E-state index in [1.54, 1.807) is 31.2 Å². The first kappa shape index (κ1) is 12.5. The van der Waals surface area contributed by atoms with Gasteiger partial charge in [-0.05, 0) is 31.7 Å². The third-order valence-corrected chi connectivity index (χ3v) is 2.51. The molecule has 0 radical (unpaired) electrons. The Morgan fingerprint density at radius 1 is 1.22 bits per heavy atom. The van der Waals surface area contributed by atoms with Gasteiger partial charge in [0.2, 0.25) is 5.88 Å². The Morgan fingerprint density at radius 2 is 2.00 bits per heavy atom. The van der Waals surface area contributed by atoms with Crippen LogP contribution >= 0.6 is 0 Å². The van der Waals surface area contributed by atoms with Crippen molar-refractivity contribution < 1.29 is 9.13 Å². The van der Waals surface area contributed by atoms with Gasteiger partial charge in [0.1, 0.15) is 0 Å². The fourth-order valence-electron chi connectivity index (χ4n) is 1.61. The molecule has 18 heavy (non-hydrogen) atoms. The Bertz CT molecular complexity index is 543. The summed E-state index contributed by atoms with van der Waals surface area (Å²) < 4.78 is 19.2. The molecular weight excluding hydrogens is 231 g/mol. The van der Waals surface area contributed by atoms with Gasteiger partial charge in [0, 0.05) is 12.6 Å². The molecule has 1 N–H and O–H groups in total. The summed E-state index contributed by atoms with van der Waals surface area (Å²) >= 11 is 0. The highest BCUT2D eigenvalue weighted by molar-refractivity contribution is 5.33. The van der Waals surface area contributed by atoms with E-state index in [0.29, 0.717) is 18.0 Å². The van der Waals surface area contributed by atoms with Gasteiger partial charge in [0.25, 0.3) is 0 Å². The third kappa shape index (κ3) is 2.84. The average Bonchev–Trinajstić information content (AvgIpc) is 2.36. The minimum atomic E-state index is -0.349. The maximum absolute atomic E-state index is 13.8. The summed E-state index contributed by atoms with van der Waals surface area (Å²) in [6.07, 6.45) is 0. The normalized spacial score (nSPS) is 10.4. The van der Waals surface area contributed by atoms with Crippen molar-refractivity contribution in [2.45, 2.75) is 13.5 Å². The summed E-state index contributed by atoms with van der Waals surface area (Å²) in [5.41, 5.74) is 1.40. The lowest BCUT2D eigenvalue weighted by atomic mass is 10.2. The van der Waals surface area contributed by atoms with Crippen molar-refractivity contribution in [2.75, 3.05) is 7.05 Å². The summed E-state index contributed by atoms with van der Waals surface area (Å²) in [7, 11) is 1.84. The summed E-state index contributed by atoms with van der Waals surface area (Å²) in [6.45, 7) is 2.35. The molecule has 0 saturated heterocycles. The summed E-state index contributed by atoms with van der Waals surface area (Å²) in [5, 5.41) is 3.00. The number of pyridine rings is 1. The van der Waals surface area contributed by atoms with Gasteiger partial charge >= 0.3 is 0 Å². The van der Waals surface area contributed by atoms with Gasteiger partial charge in [-0.25, -0.2) is 9.37 Å². The molecule has 1 aromatic carbocycles. The van der Waals surface area contributed by atoms with Gasteiger partial charge in [0.15, 0.2) is 11.6 Å². The molecule has 0 aliphatic heterocycles. The lowest BCUT2D eigenvalue weighted by molar-refractivity contribution is 0.423. The average molecular weight is 246 g/mol. The number of benzene rings is 1. The molecule has 0 atom stereocenters. The minimum Gasteiger partial charge on any atom is -0.436 e. The van der Waals surface area contributed by atoms with E-state index in [1.165, 1.54) is 0 Å². The third-order valence-electron chi connectivity index (χ3n) is 2.51. The number of nitrogens with one attached hydrogen (secondary N) is 1. The zero-order chi connectivity index (χ0) is 13.0. The maximum Gasteiger partial charge on any atom is 0.219 e. The number of halogens is 1. The van der Waals surface area contributed by atoms with Crippen molar-refractivity contribution in [2.24, 2.45) is 0 Å². The Hall–Kier alpha value is -1.94. The molecule has 0 amide bonds. The molecule has 0 fully saturated rings. The van der Waals surface area contributed by atoms with Crippen LogP contribution in [0.3, 0.4) is 0 Å². The van der Waals surface area contributed by atoms with Crippen LogP contribution in [-0.4, -0.2) is 12.0 Å². The SMILES string of the molecule is CNCc1cccc(Oc2cccc(C)c2F)n1. The van der Waals surface area contributed by atoms with Crippen LogP contribution in [0.4, 0.5) is 4.39 Å². The molecule has 3 nitrogen and oxygen atoms in total. The summed E-state index contributed by atoms with van der Waals surface area (Å²) in [4.78, 5) is 4.28. The highest BCUT2D eigenvalue weighted by Crippen LogP contribution is 2.24. The van der Waals surface area contributed by atoms with Crippen LogP contribution in [0.1, 0.15) is 11.3 Å². The summed E-state index contributed by atoms with van der Waals surface area (Å²) in [5.74, 6) is 0.245. The fraction of sp³-hybridized carbons (Fsp3) is 0.214. The monoisotopic (exact) mass is 246 g/mol. The van der Waals surface area contributed by atoms with Crippen molar-refractivity contribution >= 4 is 0 Å². The van der Waals surface area contributed by atoms with Gasteiger partial charge in [-0.1, -0.05) is 18.2 Å². The Balaban J connectivity index is 2.23. The number of aromatic nitrogens is 1. The van der Waals surface area contributed by atoms with Gasteiger partial charge in [-0.3, -0.25) is 0 Å². The zero-order valence-corrected chi connectivity index (χ0v) is 10.4. The molecule has 0 saturated carbocycles. The van der Waals surface area contributed by atoms with E-state index in [4.69, 9.17) is 4.74 Å². The van der Waals surface area contributed by atoms with Gasteiger partial charge in [0.05, 0.1) is 5.69 Å². The van der Waals surface area contributed by atoms with E-state index in [2.05, 4.69) is 10.3 Å². The van der Waals surface area contributed by atoms with Crippen molar-refractivity contribution in [3.63, 3.8) is 0 Å². The van der Waals surface area contributed by atoms with Crippen LogP contribution in [0.15, 0.2) is 36.4 Å². The summed E-state index contributed by atoms with van der Waals surface area (Å²) in [6, 6.07) is 10.5. The van der Waals surface area contributed by atoms with Crippen molar-refractivity contribution in [1.29, 1.82) is 0 Å². The number of hydrogen-bond acceptors (Lipinski definition) is 3. The lowest BCUT2D eigenvalue weighted by Gasteiger charge is -2.08. The lowest BCUT2D eigenvalue weighted by Crippen LogP contribution is -2.07. The van der Waals surface area contributed by atoms with Gasteiger partial charge in [-0.15, -0.1) is 0 Å². The predicted molar refractivity (Wildman–Crippen MR) is 68.2 cm³/mol. The molecule has 2 rings (SSSR count). The van der Waals surface area contributed by atoms with E-state index in [0.717, 1.165) is 5.69 Å². The molecule has 2 aromatic rings. The van der Waals surface area contributed by atoms with Gasteiger partial charge < -0.3 is 10.1 Å². The fourth-order valence-corrected chi connectivity index (χ4v) is 1.61. The molecule has 4 heteroatoms. The van der Waals surface area contributed by atoms with Crippen LogP contribution in [0.2, 0.25) is 0 Å². The number of nitrogens with zero attached hydrogens (tertiary/aromatic N) is 1. The quantitative estimate of drug-likeness (QED) is 0.900. The minimum absolute atomic E-state index is 0.198. The van der Waals surface area contributed by atoms with Gasteiger partial charge in [-0.2, -0.15) is 0 Å². The standard InChI is InChI=1S/C14H15FN2O/c1-10-5-3-7-12(14(10)15)18-13-8-4-6-11(17-13)9-16-2/h3-8,16H,9H2,1-2H3. The Labute approximate surface area is 106 Å². The van der Waals surface area contributed by atoms with Crippen LogP contribution in [-0.2, 0) is 6.54 Å². The van der Waals surface area contributed by atoms with E-state index < -0.39 is 0 Å². The Kier molecular flexibility index (Phi) is 3.89. The van der Waals surface area contributed by atoms with Crippen molar-refractivity contribution in [3.8, 4) is 11.6 Å². The maximum atomic E-state index is 13.8. The second-order valence-electron chi connectivity index (χ2n) is 3.99. The molecule has 0 bridgehead atoms. The highest BCUT2D eigenvalue weighted by Gasteiger charge is 2.07. The number of ether oxygens (including phenoxy) is 1. The van der Waals surface area contributed by atoms with Crippen LogP contribution in [0.25, 0.3) is 0 Å². The van der Waals surface area contributed by atoms with E-state index in [-0.39, 0.29) is 11.6 Å². The molecule has 94 valence electrons. The first-order valence-electron chi connectivity index (χ1n) is 5.74. The van der Waals surface area contributed by atoms with E-state index >= 15 is 0 Å². The zero-order valence-electron chi connectivity index (χ0n) is 10.4. The molecule has 0 spiro atoms. The largest absolute Gasteiger partial charge is 0.436 e. The molecule has 0 unspecified atom stereocenters.